The number of hydrogen-bond acceptors (Lipinski definition) is 2. The Morgan fingerprint density at radius 1 is 1.44 bits per heavy atom. The van der Waals surface area contributed by atoms with Crippen molar-refractivity contribution in [2.24, 2.45) is 0 Å². The van der Waals surface area contributed by atoms with E-state index in [2.05, 4.69) is 4.98 Å². The highest BCUT2D eigenvalue weighted by Crippen LogP contribution is 2.26. The molecule has 0 radical (unpaired) electrons. The van der Waals surface area contributed by atoms with Crippen LogP contribution in [0, 0.1) is 6.85 Å². The van der Waals surface area contributed by atoms with Crippen LogP contribution in [0.3, 0.4) is 0 Å². The predicted molar refractivity (Wildman–Crippen MR) is 51.2 cm³/mol. The molecule has 2 aromatic heterocycles. The smallest absolute Gasteiger partial charge is 0.269 e. The molecule has 0 aliphatic rings. The lowest BCUT2D eigenvalue weighted by molar-refractivity contribution is -0.141. The molecule has 3 nitrogen and oxygen atoms in total. The van der Waals surface area contributed by atoms with E-state index in [4.69, 9.17) is 4.11 Å². The molecular weight excluding hydrogens is 221 g/mol. The number of rotatable bonds is 0. The van der Waals surface area contributed by atoms with Gasteiger partial charge in [0.25, 0.3) is 5.56 Å². The maximum Gasteiger partial charge on any atom is 0.433 e. The van der Waals surface area contributed by atoms with Gasteiger partial charge in [-0.3, -0.25) is 9.20 Å². The van der Waals surface area contributed by atoms with Crippen LogP contribution in [0.1, 0.15) is 15.4 Å². The molecular formula is C10H7F3N2O. The molecule has 2 rings (SSSR count). The molecule has 0 atom stereocenters. The van der Waals surface area contributed by atoms with Crippen LogP contribution in [0.25, 0.3) is 5.65 Å². The minimum atomic E-state index is -4.76. The van der Waals surface area contributed by atoms with Gasteiger partial charge in [-0.1, -0.05) is 0 Å². The van der Waals surface area contributed by atoms with Crippen molar-refractivity contribution in [3.05, 3.63) is 46.0 Å². The number of aromatic nitrogens is 2. The summed E-state index contributed by atoms with van der Waals surface area (Å²) < 4.78 is 59.9. The lowest BCUT2D eigenvalue weighted by Crippen LogP contribution is -2.19. The predicted octanol–water partition coefficient (Wildman–Crippen LogP) is 2.02. The second-order valence-corrected chi connectivity index (χ2v) is 3.12. The fraction of sp³-hybridized carbons (Fsp3) is 0.200. The van der Waals surface area contributed by atoms with Crippen LogP contribution in [-0.4, -0.2) is 9.38 Å². The molecule has 0 aromatic carbocycles. The first kappa shape index (κ1) is 7.43. The van der Waals surface area contributed by atoms with Crippen LogP contribution in [0.5, 0.6) is 0 Å². The van der Waals surface area contributed by atoms with Crippen LogP contribution in [0.4, 0.5) is 13.2 Å². The average Bonchev–Trinajstić information content (AvgIpc) is 2.25. The maximum absolute atomic E-state index is 12.5. The van der Waals surface area contributed by atoms with Gasteiger partial charge in [-0.05, 0) is 24.5 Å². The molecule has 0 aliphatic heterocycles. The number of fused-ring (bicyclic) bond motifs is 1. The summed E-state index contributed by atoms with van der Waals surface area (Å²) in [4.78, 5) is 14.8. The molecule has 0 saturated carbocycles. The third kappa shape index (κ3) is 1.78. The molecule has 84 valence electrons. The van der Waals surface area contributed by atoms with Gasteiger partial charge >= 0.3 is 6.18 Å². The van der Waals surface area contributed by atoms with Gasteiger partial charge in [0.1, 0.15) is 5.65 Å². The molecule has 6 heteroatoms. The number of pyridine rings is 1. The largest absolute Gasteiger partial charge is 0.433 e. The van der Waals surface area contributed by atoms with E-state index in [0.29, 0.717) is 6.07 Å². The SMILES string of the molecule is [2H]C([2H])([2H])c1ccn2c(=O)cc(C(F)(F)F)nc2c1. The van der Waals surface area contributed by atoms with Crippen molar-refractivity contribution in [2.75, 3.05) is 0 Å². The highest BCUT2D eigenvalue weighted by atomic mass is 19.4. The van der Waals surface area contributed by atoms with Gasteiger partial charge in [0, 0.05) is 16.4 Å². The summed E-state index contributed by atoms with van der Waals surface area (Å²) in [5, 5.41) is 0. The van der Waals surface area contributed by atoms with Crippen molar-refractivity contribution >= 4 is 5.65 Å². The molecule has 0 unspecified atom stereocenters. The standard InChI is InChI=1S/C10H7F3N2O/c1-6-2-3-15-8(4-6)14-7(5-9(15)16)10(11,12)13/h2-5H,1H3/i1D3. The van der Waals surface area contributed by atoms with E-state index in [1.165, 1.54) is 0 Å². The van der Waals surface area contributed by atoms with E-state index in [0.717, 1.165) is 22.7 Å². The zero-order valence-corrected chi connectivity index (χ0v) is 7.75. The average molecular weight is 231 g/mol. The van der Waals surface area contributed by atoms with Crippen molar-refractivity contribution in [3.8, 4) is 0 Å². The van der Waals surface area contributed by atoms with Gasteiger partial charge in [0.15, 0.2) is 5.69 Å². The minimum absolute atomic E-state index is 0.182. The Morgan fingerprint density at radius 3 is 2.81 bits per heavy atom. The molecule has 0 fully saturated rings. The Balaban J connectivity index is 2.74. The molecule has 0 spiro atoms. The molecule has 2 heterocycles. The van der Waals surface area contributed by atoms with Crippen LogP contribution < -0.4 is 5.56 Å². The van der Waals surface area contributed by atoms with E-state index in [1.54, 1.807) is 0 Å². The number of nitrogens with zero attached hydrogens (tertiary/aromatic N) is 2. The van der Waals surface area contributed by atoms with Crippen LogP contribution in [0.2, 0.25) is 0 Å². The first-order valence-electron chi connectivity index (χ1n) is 5.70. The summed E-state index contributed by atoms with van der Waals surface area (Å²) in [6.07, 6.45) is -3.67. The molecule has 2 aromatic rings. The molecule has 0 amide bonds. The normalized spacial score (nSPS) is 15.6. The van der Waals surface area contributed by atoms with E-state index in [1.807, 2.05) is 0 Å². The summed E-state index contributed by atoms with van der Waals surface area (Å²) in [5.41, 5.74) is -2.80. The number of hydrogen-bond donors (Lipinski definition) is 0. The van der Waals surface area contributed by atoms with Gasteiger partial charge in [-0.2, -0.15) is 13.2 Å². The molecule has 0 bridgehead atoms. The number of alkyl halides is 3. The van der Waals surface area contributed by atoms with E-state index < -0.39 is 24.3 Å². The lowest BCUT2D eigenvalue weighted by atomic mass is 10.3. The fourth-order valence-corrected chi connectivity index (χ4v) is 1.25. The summed E-state index contributed by atoms with van der Waals surface area (Å²) in [6.45, 7) is -2.48. The van der Waals surface area contributed by atoms with Crippen LogP contribution in [0.15, 0.2) is 29.2 Å². The van der Waals surface area contributed by atoms with E-state index in [9.17, 15) is 18.0 Å². The van der Waals surface area contributed by atoms with Gasteiger partial charge in [0.05, 0.1) is 0 Å². The molecule has 0 N–H and O–H groups in total. The summed E-state index contributed by atoms with van der Waals surface area (Å²) in [5.74, 6) is 0. The Kier molecular flexibility index (Phi) is 1.55. The van der Waals surface area contributed by atoms with Crippen molar-refractivity contribution in [2.45, 2.75) is 13.0 Å². The van der Waals surface area contributed by atoms with Crippen molar-refractivity contribution in [1.29, 1.82) is 0 Å². The summed E-state index contributed by atoms with van der Waals surface area (Å²) >= 11 is 0. The Hall–Kier alpha value is -1.85. The van der Waals surface area contributed by atoms with E-state index in [-0.39, 0.29) is 11.2 Å². The highest BCUT2D eigenvalue weighted by molar-refractivity contribution is 5.41. The van der Waals surface area contributed by atoms with Gasteiger partial charge < -0.3 is 0 Å². The topological polar surface area (TPSA) is 34.4 Å². The van der Waals surface area contributed by atoms with Gasteiger partial charge in [-0.25, -0.2) is 4.98 Å². The monoisotopic (exact) mass is 231 g/mol. The van der Waals surface area contributed by atoms with Gasteiger partial charge in [-0.15, -0.1) is 0 Å². The van der Waals surface area contributed by atoms with Crippen LogP contribution in [-0.2, 0) is 6.18 Å². The quantitative estimate of drug-likeness (QED) is 0.695. The Labute approximate surface area is 92.4 Å². The van der Waals surface area contributed by atoms with Crippen LogP contribution >= 0.6 is 0 Å². The second kappa shape index (κ2) is 3.33. The second-order valence-electron chi connectivity index (χ2n) is 3.12. The number of aryl methyl sites for hydroxylation is 1. The number of halogens is 3. The third-order valence-electron chi connectivity index (χ3n) is 1.96. The van der Waals surface area contributed by atoms with Crippen molar-refractivity contribution < 1.29 is 17.3 Å². The summed E-state index contributed by atoms with van der Waals surface area (Å²) in [7, 11) is 0. The van der Waals surface area contributed by atoms with Crippen molar-refractivity contribution in [3.63, 3.8) is 0 Å². The first-order chi connectivity index (χ1) is 8.59. The van der Waals surface area contributed by atoms with Gasteiger partial charge in [0.2, 0.25) is 0 Å². The lowest BCUT2D eigenvalue weighted by Gasteiger charge is -2.07. The molecule has 16 heavy (non-hydrogen) atoms. The maximum atomic E-state index is 12.5. The fourth-order valence-electron chi connectivity index (χ4n) is 1.25. The van der Waals surface area contributed by atoms with E-state index >= 15 is 0 Å². The zero-order chi connectivity index (χ0) is 14.4. The minimum Gasteiger partial charge on any atom is -0.269 e. The Bertz CT molecular complexity index is 686. The molecule has 0 aliphatic carbocycles. The first-order valence-corrected chi connectivity index (χ1v) is 4.20. The zero-order valence-electron chi connectivity index (χ0n) is 10.7. The Morgan fingerprint density at radius 2 is 2.19 bits per heavy atom. The summed E-state index contributed by atoms with van der Waals surface area (Å²) in [6, 6.07) is 2.46. The molecule has 0 saturated heterocycles. The van der Waals surface area contributed by atoms with Crippen molar-refractivity contribution in [1.82, 2.24) is 9.38 Å². The highest BCUT2D eigenvalue weighted by Gasteiger charge is 2.33. The third-order valence-corrected chi connectivity index (χ3v) is 1.96.